The molecule has 0 saturated carbocycles. The Bertz CT molecular complexity index is 622. The van der Waals surface area contributed by atoms with Gasteiger partial charge < -0.3 is 0 Å². The largest absolute Gasteiger partial charge is 0.272 e. The number of para-hydroxylation sites is 1. The molecule has 0 unspecified atom stereocenters. The lowest BCUT2D eigenvalue weighted by Crippen LogP contribution is -2.21. The van der Waals surface area contributed by atoms with Crippen LogP contribution in [0.25, 0.3) is 5.69 Å². The van der Waals surface area contributed by atoms with Crippen LogP contribution in [-0.2, 0) is 0 Å². The smallest absolute Gasteiger partial charge is 0.267 e. The minimum atomic E-state index is -0.324. The molecule has 7 heteroatoms. The van der Waals surface area contributed by atoms with Crippen LogP contribution in [0.15, 0.2) is 38.1 Å². The summed E-state index contributed by atoms with van der Waals surface area (Å²) in [6.07, 6.45) is 0. The zero-order valence-corrected chi connectivity index (χ0v) is 12.8. The highest BCUT2D eigenvalue weighted by atomic mass is 79.9. The van der Waals surface area contributed by atoms with Gasteiger partial charge in [0.05, 0.1) is 14.5 Å². The standard InChI is InChI=1S/C10H4Br2Cl2N2O/c11-5-4-8(17)16(15-10(5)12)9-6(13)2-1-3-7(9)14/h1-4H. The molecule has 1 heterocycles. The SMILES string of the molecule is O=c1cc(Br)c(Br)nn1-c1c(Cl)cccc1Cl. The Labute approximate surface area is 124 Å². The number of benzene rings is 1. The Morgan fingerprint density at radius 2 is 1.76 bits per heavy atom. The molecular formula is C10H4Br2Cl2N2O. The van der Waals surface area contributed by atoms with Crippen LogP contribution >= 0.6 is 55.1 Å². The molecule has 0 bridgehead atoms. The molecule has 1 aromatic carbocycles. The van der Waals surface area contributed by atoms with Gasteiger partial charge in [-0.15, -0.1) is 0 Å². The zero-order valence-electron chi connectivity index (χ0n) is 8.12. The number of halogens is 4. The van der Waals surface area contributed by atoms with E-state index in [0.29, 0.717) is 24.8 Å². The van der Waals surface area contributed by atoms with E-state index in [9.17, 15) is 4.79 Å². The van der Waals surface area contributed by atoms with Gasteiger partial charge in [-0.2, -0.15) is 9.78 Å². The molecule has 2 aromatic rings. The molecule has 0 radical (unpaired) electrons. The second-order valence-electron chi connectivity index (χ2n) is 3.10. The first kappa shape index (κ1) is 13.1. The maximum atomic E-state index is 11.8. The Hall–Kier alpha value is -0.360. The molecule has 1 aromatic heterocycles. The average Bonchev–Trinajstić information content (AvgIpc) is 2.25. The summed E-state index contributed by atoms with van der Waals surface area (Å²) >= 11 is 18.5. The minimum absolute atomic E-state index is 0.324. The maximum absolute atomic E-state index is 11.8. The van der Waals surface area contributed by atoms with Gasteiger partial charge in [-0.25, -0.2) is 0 Å². The van der Waals surface area contributed by atoms with Crippen LogP contribution < -0.4 is 5.56 Å². The van der Waals surface area contributed by atoms with Gasteiger partial charge in [-0.05, 0) is 44.0 Å². The van der Waals surface area contributed by atoms with Crippen LogP contribution in [0.1, 0.15) is 0 Å². The highest BCUT2D eigenvalue weighted by Crippen LogP contribution is 2.27. The lowest BCUT2D eigenvalue weighted by atomic mass is 10.3. The second kappa shape index (κ2) is 5.10. The summed E-state index contributed by atoms with van der Waals surface area (Å²) in [6.45, 7) is 0. The van der Waals surface area contributed by atoms with Crippen molar-refractivity contribution in [3.63, 3.8) is 0 Å². The van der Waals surface area contributed by atoms with Crippen molar-refractivity contribution in [2.45, 2.75) is 0 Å². The van der Waals surface area contributed by atoms with Crippen LogP contribution in [0.5, 0.6) is 0 Å². The predicted octanol–water partition coefficient (Wildman–Crippen LogP) is 4.06. The molecule has 0 saturated heterocycles. The van der Waals surface area contributed by atoms with Crippen LogP contribution in [0.4, 0.5) is 0 Å². The first-order chi connectivity index (χ1) is 8.00. The molecule has 0 aliphatic carbocycles. The van der Waals surface area contributed by atoms with E-state index in [1.54, 1.807) is 18.2 Å². The first-order valence-electron chi connectivity index (χ1n) is 4.40. The first-order valence-corrected chi connectivity index (χ1v) is 6.74. The minimum Gasteiger partial charge on any atom is -0.267 e. The number of rotatable bonds is 1. The molecule has 0 N–H and O–H groups in total. The van der Waals surface area contributed by atoms with E-state index in [0.717, 1.165) is 4.68 Å². The second-order valence-corrected chi connectivity index (χ2v) is 5.52. The summed E-state index contributed by atoms with van der Waals surface area (Å²) in [7, 11) is 0. The normalized spacial score (nSPS) is 10.6. The molecule has 3 nitrogen and oxygen atoms in total. The van der Waals surface area contributed by atoms with Gasteiger partial charge in [0.2, 0.25) is 0 Å². The number of hydrogen-bond donors (Lipinski definition) is 0. The summed E-state index contributed by atoms with van der Waals surface area (Å²) in [5, 5.41) is 4.79. The molecular weight excluding hydrogens is 395 g/mol. The maximum Gasteiger partial charge on any atom is 0.272 e. The molecule has 0 aliphatic heterocycles. The third-order valence-corrected chi connectivity index (χ3v) is 4.33. The van der Waals surface area contributed by atoms with Gasteiger partial charge in [0.1, 0.15) is 10.3 Å². The highest BCUT2D eigenvalue weighted by molar-refractivity contribution is 9.13. The number of hydrogen-bond acceptors (Lipinski definition) is 2. The average molecular weight is 399 g/mol. The lowest BCUT2D eigenvalue weighted by molar-refractivity contribution is 0.789. The van der Waals surface area contributed by atoms with E-state index >= 15 is 0 Å². The molecule has 0 spiro atoms. The number of nitrogens with zero attached hydrogens (tertiary/aromatic N) is 2. The van der Waals surface area contributed by atoms with Crippen LogP contribution in [-0.4, -0.2) is 9.78 Å². The van der Waals surface area contributed by atoms with Crippen molar-refractivity contribution in [2.24, 2.45) is 0 Å². The van der Waals surface area contributed by atoms with Gasteiger partial charge in [0.25, 0.3) is 5.56 Å². The van der Waals surface area contributed by atoms with Gasteiger partial charge >= 0.3 is 0 Å². The molecule has 0 fully saturated rings. The van der Waals surface area contributed by atoms with Crippen molar-refractivity contribution in [1.29, 1.82) is 0 Å². The van der Waals surface area contributed by atoms with E-state index in [1.165, 1.54) is 6.07 Å². The van der Waals surface area contributed by atoms with E-state index in [2.05, 4.69) is 37.0 Å². The van der Waals surface area contributed by atoms with Crippen molar-refractivity contribution in [3.8, 4) is 5.69 Å². The van der Waals surface area contributed by atoms with Crippen molar-refractivity contribution in [3.05, 3.63) is 53.7 Å². The summed E-state index contributed by atoms with van der Waals surface area (Å²) in [4.78, 5) is 11.8. The molecule has 0 aliphatic rings. The third kappa shape index (κ3) is 2.57. The Balaban J connectivity index is 2.78. The topological polar surface area (TPSA) is 34.9 Å². The fourth-order valence-electron chi connectivity index (χ4n) is 1.27. The van der Waals surface area contributed by atoms with Crippen molar-refractivity contribution >= 4 is 55.1 Å². The molecule has 0 amide bonds. The van der Waals surface area contributed by atoms with Crippen molar-refractivity contribution in [1.82, 2.24) is 9.78 Å². The van der Waals surface area contributed by atoms with Gasteiger partial charge in [0, 0.05) is 6.07 Å². The molecule has 88 valence electrons. The molecule has 17 heavy (non-hydrogen) atoms. The van der Waals surface area contributed by atoms with Crippen LogP contribution in [0.3, 0.4) is 0 Å². The summed E-state index contributed by atoms with van der Waals surface area (Å²) < 4.78 is 2.22. The van der Waals surface area contributed by atoms with Gasteiger partial charge in [-0.3, -0.25) is 4.79 Å². The monoisotopic (exact) mass is 396 g/mol. The fourth-order valence-corrected chi connectivity index (χ4v) is 2.37. The summed E-state index contributed by atoms with van der Waals surface area (Å²) in [5.74, 6) is 0. The van der Waals surface area contributed by atoms with E-state index in [4.69, 9.17) is 23.2 Å². The highest BCUT2D eigenvalue weighted by Gasteiger charge is 2.12. The Morgan fingerprint density at radius 1 is 1.18 bits per heavy atom. The van der Waals surface area contributed by atoms with Crippen LogP contribution in [0.2, 0.25) is 10.0 Å². The van der Waals surface area contributed by atoms with Crippen molar-refractivity contribution in [2.75, 3.05) is 0 Å². The van der Waals surface area contributed by atoms with E-state index < -0.39 is 0 Å². The molecule has 0 atom stereocenters. The Kier molecular flexibility index (Phi) is 3.92. The third-order valence-electron chi connectivity index (χ3n) is 1.99. The quantitative estimate of drug-likeness (QED) is 0.726. The fraction of sp³-hybridized carbons (Fsp3) is 0. The summed E-state index contributed by atoms with van der Waals surface area (Å²) in [6, 6.07) is 6.38. The number of aromatic nitrogens is 2. The predicted molar refractivity (Wildman–Crippen MR) is 75.3 cm³/mol. The van der Waals surface area contributed by atoms with Gasteiger partial charge in [0.15, 0.2) is 0 Å². The zero-order chi connectivity index (χ0) is 12.6. The summed E-state index contributed by atoms with van der Waals surface area (Å²) in [5.41, 5.74) is 0.0455. The van der Waals surface area contributed by atoms with E-state index in [1.807, 2.05) is 0 Å². The van der Waals surface area contributed by atoms with Gasteiger partial charge in [-0.1, -0.05) is 29.3 Å². The van der Waals surface area contributed by atoms with E-state index in [-0.39, 0.29) is 5.56 Å². The molecule has 2 rings (SSSR count). The Morgan fingerprint density at radius 3 is 2.35 bits per heavy atom. The van der Waals surface area contributed by atoms with Crippen LogP contribution in [0, 0.1) is 0 Å². The van der Waals surface area contributed by atoms with Crippen molar-refractivity contribution < 1.29 is 0 Å². The lowest BCUT2D eigenvalue weighted by Gasteiger charge is -2.09.